The number of benzene rings is 2. The molecule has 3 N–H and O–H groups in total. The number of phenolic OH excluding ortho intramolecular Hbond substituents is 3. The summed E-state index contributed by atoms with van der Waals surface area (Å²) in [7, 11) is 1.30. The highest BCUT2D eigenvalue weighted by atomic mass is 16.5. The summed E-state index contributed by atoms with van der Waals surface area (Å²) in [5.41, 5.74) is 1.20. The molecule has 0 aliphatic rings. The van der Waals surface area contributed by atoms with E-state index in [0.717, 1.165) is 0 Å². The maximum Gasteiger partial charge on any atom is 0.313 e. The van der Waals surface area contributed by atoms with Crippen molar-refractivity contribution >= 4 is 5.97 Å². The van der Waals surface area contributed by atoms with E-state index >= 15 is 0 Å². The minimum absolute atomic E-state index is 0.0458. The predicted octanol–water partition coefficient (Wildman–Crippen LogP) is 2.30. The third-order valence-electron chi connectivity index (χ3n) is 3.27. The van der Waals surface area contributed by atoms with E-state index < -0.39 is 11.9 Å². The van der Waals surface area contributed by atoms with Crippen LogP contribution in [-0.2, 0) is 16.0 Å². The first kappa shape index (κ1) is 14.7. The quantitative estimate of drug-likeness (QED) is 0.751. The Morgan fingerprint density at radius 1 is 1.05 bits per heavy atom. The summed E-state index contributed by atoms with van der Waals surface area (Å²) in [4.78, 5) is 12.0. The second-order valence-electron chi connectivity index (χ2n) is 4.68. The Bertz CT molecular complexity index is 634. The monoisotopic (exact) mass is 288 g/mol. The van der Waals surface area contributed by atoms with Gasteiger partial charge in [0, 0.05) is 6.07 Å². The molecule has 5 heteroatoms. The maximum atomic E-state index is 12.0. The van der Waals surface area contributed by atoms with E-state index in [1.165, 1.54) is 31.4 Å². The lowest BCUT2D eigenvalue weighted by molar-refractivity contribution is -0.142. The van der Waals surface area contributed by atoms with Crippen LogP contribution in [0.3, 0.4) is 0 Å². The molecule has 0 saturated heterocycles. The van der Waals surface area contributed by atoms with Crippen LogP contribution in [0.2, 0.25) is 0 Å². The molecule has 5 nitrogen and oxygen atoms in total. The summed E-state index contributed by atoms with van der Waals surface area (Å²) in [6.07, 6.45) is 0.226. The molecule has 2 rings (SSSR count). The first-order valence-corrected chi connectivity index (χ1v) is 6.39. The molecule has 1 atom stereocenters. The van der Waals surface area contributed by atoms with Crippen LogP contribution in [0.4, 0.5) is 0 Å². The van der Waals surface area contributed by atoms with Gasteiger partial charge >= 0.3 is 5.97 Å². The molecule has 0 saturated carbocycles. The predicted molar refractivity (Wildman–Crippen MR) is 76.3 cm³/mol. The van der Waals surface area contributed by atoms with E-state index in [2.05, 4.69) is 0 Å². The molecule has 1 unspecified atom stereocenters. The minimum Gasteiger partial charge on any atom is -0.508 e. The van der Waals surface area contributed by atoms with Gasteiger partial charge in [-0.25, -0.2) is 0 Å². The first-order chi connectivity index (χ1) is 10.0. The van der Waals surface area contributed by atoms with Crippen LogP contribution >= 0.6 is 0 Å². The van der Waals surface area contributed by atoms with Gasteiger partial charge in [-0.05, 0) is 35.7 Å². The first-order valence-electron chi connectivity index (χ1n) is 6.39. The molecular weight excluding hydrogens is 272 g/mol. The van der Waals surface area contributed by atoms with Crippen molar-refractivity contribution in [2.24, 2.45) is 0 Å². The molecular formula is C16H16O5. The highest BCUT2D eigenvalue weighted by molar-refractivity contribution is 5.78. The normalized spacial score (nSPS) is 11.9. The number of carbonyl (C=O) groups excluding carboxylic acids is 1. The van der Waals surface area contributed by atoms with Gasteiger partial charge in [0.2, 0.25) is 0 Å². The molecule has 0 bridgehead atoms. The molecule has 0 heterocycles. The van der Waals surface area contributed by atoms with Gasteiger partial charge < -0.3 is 20.1 Å². The molecule has 0 spiro atoms. The molecule has 0 aromatic heterocycles. The SMILES string of the molecule is COC(=O)C(Cc1ccc(O)cc1O)c1ccc(O)cc1. The summed E-state index contributed by atoms with van der Waals surface area (Å²) in [5, 5.41) is 28.4. The molecule has 2 aromatic carbocycles. The van der Waals surface area contributed by atoms with Crippen LogP contribution < -0.4 is 0 Å². The number of rotatable bonds is 4. The van der Waals surface area contributed by atoms with Crippen molar-refractivity contribution in [3.63, 3.8) is 0 Å². The van der Waals surface area contributed by atoms with E-state index in [1.54, 1.807) is 18.2 Å². The number of methoxy groups -OCH3 is 1. The van der Waals surface area contributed by atoms with Crippen LogP contribution in [0, 0.1) is 0 Å². The van der Waals surface area contributed by atoms with E-state index in [-0.39, 0.29) is 23.7 Å². The summed E-state index contributed by atoms with van der Waals surface area (Å²) < 4.78 is 4.80. The van der Waals surface area contributed by atoms with Gasteiger partial charge in [0.05, 0.1) is 13.0 Å². The lowest BCUT2D eigenvalue weighted by atomic mass is 9.91. The molecule has 110 valence electrons. The second-order valence-corrected chi connectivity index (χ2v) is 4.68. The van der Waals surface area contributed by atoms with Gasteiger partial charge in [0.15, 0.2) is 0 Å². The van der Waals surface area contributed by atoms with Crippen molar-refractivity contribution in [3.05, 3.63) is 53.6 Å². The Kier molecular flexibility index (Phi) is 4.33. The fourth-order valence-electron chi connectivity index (χ4n) is 2.13. The number of carbonyl (C=O) groups is 1. The molecule has 0 fully saturated rings. The smallest absolute Gasteiger partial charge is 0.313 e. The number of hydrogen-bond acceptors (Lipinski definition) is 5. The van der Waals surface area contributed by atoms with Crippen LogP contribution in [0.1, 0.15) is 17.0 Å². The lowest BCUT2D eigenvalue weighted by Crippen LogP contribution is -2.16. The Hall–Kier alpha value is -2.69. The van der Waals surface area contributed by atoms with Crippen LogP contribution in [0.5, 0.6) is 17.2 Å². The van der Waals surface area contributed by atoms with E-state index in [0.29, 0.717) is 11.1 Å². The van der Waals surface area contributed by atoms with Gasteiger partial charge in [-0.3, -0.25) is 4.79 Å². The highest BCUT2D eigenvalue weighted by Crippen LogP contribution is 2.30. The van der Waals surface area contributed by atoms with Gasteiger partial charge in [-0.2, -0.15) is 0 Å². The van der Waals surface area contributed by atoms with Gasteiger partial charge in [0.1, 0.15) is 17.2 Å². The molecule has 21 heavy (non-hydrogen) atoms. The van der Waals surface area contributed by atoms with Crippen LogP contribution in [0.25, 0.3) is 0 Å². The molecule has 0 radical (unpaired) electrons. The zero-order chi connectivity index (χ0) is 15.4. The molecule has 0 aliphatic heterocycles. The average molecular weight is 288 g/mol. The Morgan fingerprint density at radius 3 is 2.24 bits per heavy atom. The zero-order valence-electron chi connectivity index (χ0n) is 11.5. The number of phenols is 3. The molecule has 0 amide bonds. The van der Waals surface area contributed by atoms with Crippen molar-refractivity contribution in [1.29, 1.82) is 0 Å². The van der Waals surface area contributed by atoms with Crippen molar-refractivity contribution in [2.45, 2.75) is 12.3 Å². The molecule has 0 aliphatic carbocycles. The van der Waals surface area contributed by atoms with Crippen LogP contribution in [0.15, 0.2) is 42.5 Å². The molecule has 2 aromatic rings. The van der Waals surface area contributed by atoms with Crippen molar-refractivity contribution < 1.29 is 24.9 Å². The van der Waals surface area contributed by atoms with Crippen molar-refractivity contribution in [2.75, 3.05) is 7.11 Å². The Morgan fingerprint density at radius 2 is 1.67 bits per heavy atom. The number of hydrogen-bond donors (Lipinski definition) is 3. The topological polar surface area (TPSA) is 87.0 Å². The minimum atomic E-state index is -0.606. The van der Waals surface area contributed by atoms with E-state index in [9.17, 15) is 20.1 Å². The Balaban J connectivity index is 2.32. The maximum absolute atomic E-state index is 12.0. The lowest BCUT2D eigenvalue weighted by Gasteiger charge is -2.16. The van der Waals surface area contributed by atoms with Crippen LogP contribution in [-0.4, -0.2) is 28.4 Å². The van der Waals surface area contributed by atoms with E-state index in [1.807, 2.05) is 0 Å². The van der Waals surface area contributed by atoms with Crippen molar-refractivity contribution in [3.8, 4) is 17.2 Å². The third-order valence-corrected chi connectivity index (χ3v) is 3.27. The van der Waals surface area contributed by atoms with Gasteiger partial charge in [-0.15, -0.1) is 0 Å². The summed E-state index contributed by atoms with van der Waals surface area (Å²) in [6, 6.07) is 10.5. The van der Waals surface area contributed by atoms with Gasteiger partial charge in [-0.1, -0.05) is 18.2 Å². The number of esters is 1. The summed E-state index contributed by atoms with van der Waals surface area (Å²) >= 11 is 0. The van der Waals surface area contributed by atoms with Crippen molar-refractivity contribution in [1.82, 2.24) is 0 Å². The highest BCUT2D eigenvalue weighted by Gasteiger charge is 2.23. The third kappa shape index (κ3) is 3.45. The standard InChI is InChI=1S/C16H16O5/c1-21-16(20)14(10-2-5-12(17)6-3-10)8-11-4-7-13(18)9-15(11)19/h2-7,9,14,17-19H,8H2,1H3. The van der Waals surface area contributed by atoms with Gasteiger partial charge in [0.25, 0.3) is 0 Å². The largest absolute Gasteiger partial charge is 0.508 e. The summed E-state index contributed by atoms with van der Waals surface area (Å²) in [5.74, 6) is -1.06. The fourth-order valence-corrected chi connectivity index (χ4v) is 2.13. The fraction of sp³-hybridized carbons (Fsp3) is 0.188. The Labute approximate surface area is 122 Å². The zero-order valence-corrected chi connectivity index (χ0v) is 11.5. The number of ether oxygens (including phenoxy) is 1. The number of aromatic hydroxyl groups is 3. The second kappa shape index (κ2) is 6.17. The van der Waals surface area contributed by atoms with E-state index in [4.69, 9.17) is 4.74 Å². The average Bonchev–Trinajstić information content (AvgIpc) is 2.47. The summed E-state index contributed by atoms with van der Waals surface area (Å²) in [6.45, 7) is 0.